The molecule has 1 saturated heterocycles. The Hall–Kier alpha value is -3.88. The number of rotatable bonds is 5. The van der Waals surface area contributed by atoms with Gasteiger partial charge < -0.3 is 19.5 Å². The van der Waals surface area contributed by atoms with Crippen molar-refractivity contribution in [1.82, 2.24) is 4.90 Å². The summed E-state index contributed by atoms with van der Waals surface area (Å²) in [5.74, 6) is -2.69. The van der Waals surface area contributed by atoms with Crippen LogP contribution in [0.2, 0.25) is 0 Å². The highest BCUT2D eigenvalue weighted by Gasteiger charge is 2.58. The topological polar surface area (TPSA) is 96.4 Å². The lowest BCUT2D eigenvalue weighted by molar-refractivity contribution is -0.139. The van der Waals surface area contributed by atoms with Crippen molar-refractivity contribution >= 4 is 23.7 Å². The molecule has 0 unspecified atom stereocenters. The number of hydrogen-bond donors (Lipinski definition) is 1. The van der Waals surface area contributed by atoms with Gasteiger partial charge in [-0.05, 0) is 50.5 Å². The van der Waals surface area contributed by atoms with Gasteiger partial charge in [0, 0.05) is 18.3 Å². The number of ether oxygens (including phenoxy) is 2. The van der Waals surface area contributed by atoms with E-state index in [2.05, 4.69) is 0 Å². The van der Waals surface area contributed by atoms with E-state index >= 15 is 0 Å². The number of hydrogen-bond acceptors (Lipinski definition) is 6. The number of carbonyl (C=O) groups excluding carboxylic acids is 3. The number of piperidine rings is 1. The molecule has 0 aliphatic carbocycles. The highest BCUT2D eigenvalue weighted by molar-refractivity contribution is 6.25. The predicted octanol–water partition coefficient (Wildman–Crippen LogP) is 4.11. The van der Waals surface area contributed by atoms with Crippen molar-refractivity contribution in [3.63, 3.8) is 0 Å². The predicted molar refractivity (Wildman–Crippen MR) is 125 cm³/mol. The lowest BCUT2D eigenvalue weighted by Crippen LogP contribution is -2.59. The Kier molecular flexibility index (Phi) is 6.77. The van der Waals surface area contributed by atoms with Crippen LogP contribution >= 0.6 is 0 Å². The normalized spacial score (nSPS) is 22.0. The molecule has 2 aromatic carbocycles. The van der Waals surface area contributed by atoms with Crippen LogP contribution in [-0.4, -0.2) is 52.7 Å². The number of nitrogens with zero attached hydrogens (tertiary/aromatic N) is 2. The highest BCUT2D eigenvalue weighted by Crippen LogP contribution is 2.46. The molecule has 1 fully saturated rings. The summed E-state index contributed by atoms with van der Waals surface area (Å²) in [5, 5.41) is 11.2. The molecule has 0 aromatic heterocycles. The molecule has 4 rings (SSSR count). The Bertz CT molecular complexity index is 1170. The third-order valence-electron chi connectivity index (χ3n) is 6.44. The third-order valence-corrected chi connectivity index (χ3v) is 6.44. The number of aliphatic hydroxyl groups excluding tert-OH is 1. The summed E-state index contributed by atoms with van der Waals surface area (Å²) in [7, 11) is 0. The van der Waals surface area contributed by atoms with E-state index < -0.39 is 46.7 Å². The Morgan fingerprint density at radius 1 is 1.14 bits per heavy atom. The van der Waals surface area contributed by atoms with E-state index in [0.29, 0.717) is 0 Å². The van der Waals surface area contributed by atoms with Crippen molar-refractivity contribution in [1.29, 1.82) is 0 Å². The summed E-state index contributed by atoms with van der Waals surface area (Å²) < 4.78 is 24.5. The van der Waals surface area contributed by atoms with E-state index in [4.69, 9.17) is 9.47 Å². The van der Waals surface area contributed by atoms with Crippen molar-refractivity contribution in [2.24, 2.45) is 0 Å². The van der Waals surface area contributed by atoms with Crippen molar-refractivity contribution in [3.8, 4) is 0 Å². The largest absolute Gasteiger partial charge is 0.509 e. The number of aliphatic hydroxyl groups is 1. The summed E-state index contributed by atoms with van der Waals surface area (Å²) in [6.45, 7) is 3.65. The Morgan fingerprint density at radius 3 is 2.54 bits per heavy atom. The number of carbonyl (C=O) groups is 3. The molecule has 2 atom stereocenters. The van der Waals surface area contributed by atoms with Gasteiger partial charge >= 0.3 is 12.1 Å². The minimum Gasteiger partial charge on any atom is -0.509 e. The molecule has 8 nitrogen and oxygen atoms in total. The van der Waals surface area contributed by atoms with Crippen LogP contribution in [0.25, 0.3) is 0 Å². The van der Waals surface area contributed by atoms with Gasteiger partial charge in [-0.2, -0.15) is 0 Å². The van der Waals surface area contributed by atoms with Crippen LogP contribution in [0, 0.1) is 5.82 Å². The van der Waals surface area contributed by atoms with Gasteiger partial charge in [0.2, 0.25) is 0 Å². The Labute approximate surface area is 202 Å². The molecule has 0 bridgehead atoms. The van der Waals surface area contributed by atoms with Crippen LogP contribution in [0.3, 0.4) is 0 Å². The quantitative estimate of drug-likeness (QED) is 0.509. The summed E-state index contributed by atoms with van der Waals surface area (Å²) in [6, 6.07) is 14.2. The molecular formula is C26H27FN2O6. The fourth-order valence-corrected chi connectivity index (χ4v) is 4.83. The maximum absolute atomic E-state index is 14.1. The third kappa shape index (κ3) is 4.45. The first-order valence-electron chi connectivity index (χ1n) is 11.5. The number of benzene rings is 2. The molecule has 9 heteroatoms. The summed E-state index contributed by atoms with van der Waals surface area (Å²) in [5.41, 5.74) is -0.750. The van der Waals surface area contributed by atoms with Crippen LogP contribution in [0.4, 0.5) is 14.9 Å². The summed E-state index contributed by atoms with van der Waals surface area (Å²) >= 11 is 0. The van der Waals surface area contributed by atoms with E-state index in [1.165, 1.54) is 34.1 Å². The molecular weight excluding hydrogens is 455 g/mol. The number of anilines is 1. The zero-order chi connectivity index (χ0) is 25.2. The van der Waals surface area contributed by atoms with E-state index in [0.717, 1.165) is 5.56 Å². The van der Waals surface area contributed by atoms with E-state index in [1.54, 1.807) is 13.8 Å². The molecule has 2 aliphatic rings. The molecule has 35 heavy (non-hydrogen) atoms. The second-order valence-corrected chi connectivity index (χ2v) is 8.63. The lowest BCUT2D eigenvalue weighted by atomic mass is 9.81. The zero-order valence-electron chi connectivity index (χ0n) is 19.6. The fourth-order valence-electron chi connectivity index (χ4n) is 4.83. The van der Waals surface area contributed by atoms with E-state index in [9.17, 15) is 23.9 Å². The van der Waals surface area contributed by atoms with Gasteiger partial charge in [-0.25, -0.2) is 14.0 Å². The molecule has 2 heterocycles. The Balaban J connectivity index is 1.62. The summed E-state index contributed by atoms with van der Waals surface area (Å²) in [6.07, 6.45) is -0.286. The van der Waals surface area contributed by atoms with Crippen molar-refractivity contribution in [2.75, 3.05) is 18.1 Å². The van der Waals surface area contributed by atoms with Gasteiger partial charge in [0.25, 0.3) is 5.91 Å². The van der Waals surface area contributed by atoms with E-state index in [1.807, 2.05) is 30.3 Å². The minimum atomic E-state index is -1.33. The number of halogens is 1. The maximum atomic E-state index is 14.1. The van der Waals surface area contributed by atoms with Gasteiger partial charge in [0.05, 0.1) is 6.61 Å². The van der Waals surface area contributed by atoms with Gasteiger partial charge in [-0.1, -0.05) is 36.4 Å². The monoisotopic (exact) mass is 482 g/mol. The van der Waals surface area contributed by atoms with Gasteiger partial charge in [0.1, 0.15) is 23.7 Å². The SMILES string of the molecule is CCOC(=O)C1=C(O)[C@]2(CCN(C(=O)OCc3ccccc3)[C@@H](C)C2)N(c2cccc(F)c2)C1=O. The molecule has 2 amide bonds. The van der Waals surface area contributed by atoms with Crippen LogP contribution in [-0.2, 0) is 25.7 Å². The van der Waals surface area contributed by atoms with Gasteiger partial charge in [-0.3, -0.25) is 9.69 Å². The molecule has 2 aromatic rings. The standard InChI is InChI=1S/C26H27FN2O6/c1-3-34-24(32)21-22(30)26(29(23(21)31)20-11-7-10-19(27)14-20)12-13-28(17(2)15-26)25(33)35-16-18-8-5-4-6-9-18/h4-11,14,17,30H,3,12-13,15-16H2,1-2H3/t17-,26+/m0/s1. The molecule has 1 N–H and O–H groups in total. The molecule has 0 saturated carbocycles. The van der Waals surface area contributed by atoms with Crippen LogP contribution in [0.1, 0.15) is 32.3 Å². The smallest absolute Gasteiger partial charge is 0.410 e. The number of amides is 2. The number of likely N-dealkylation sites (tertiary alicyclic amines) is 1. The molecule has 0 radical (unpaired) electrons. The van der Waals surface area contributed by atoms with Crippen LogP contribution in [0.5, 0.6) is 0 Å². The summed E-state index contributed by atoms with van der Waals surface area (Å²) in [4.78, 5) is 41.5. The van der Waals surface area contributed by atoms with Crippen LogP contribution < -0.4 is 4.90 Å². The number of esters is 1. The first kappa shape index (κ1) is 24.3. The Morgan fingerprint density at radius 2 is 1.89 bits per heavy atom. The second kappa shape index (κ2) is 9.77. The maximum Gasteiger partial charge on any atom is 0.410 e. The fraction of sp³-hybridized carbons (Fsp3) is 0.346. The van der Waals surface area contributed by atoms with Crippen molar-refractivity contribution in [2.45, 2.75) is 44.9 Å². The lowest BCUT2D eigenvalue weighted by Gasteiger charge is -2.47. The highest BCUT2D eigenvalue weighted by atomic mass is 19.1. The first-order chi connectivity index (χ1) is 16.8. The van der Waals surface area contributed by atoms with Crippen LogP contribution in [0.15, 0.2) is 65.9 Å². The average molecular weight is 483 g/mol. The molecule has 1 spiro atoms. The van der Waals surface area contributed by atoms with Crippen molar-refractivity contribution < 1.29 is 33.4 Å². The minimum absolute atomic E-state index is 0.0211. The van der Waals surface area contributed by atoms with Gasteiger partial charge in [0.15, 0.2) is 5.57 Å². The average Bonchev–Trinajstić information content (AvgIpc) is 3.04. The van der Waals surface area contributed by atoms with E-state index in [-0.39, 0.29) is 38.3 Å². The molecule has 2 aliphatic heterocycles. The second-order valence-electron chi connectivity index (χ2n) is 8.63. The zero-order valence-corrected chi connectivity index (χ0v) is 19.6. The molecule has 184 valence electrons. The first-order valence-corrected chi connectivity index (χ1v) is 11.5. The van der Waals surface area contributed by atoms with Gasteiger partial charge in [-0.15, -0.1) is 0 Å². The van der Waals surface area contributed by atoms with Crippen molar-refractivity contribution in [3.05, 3.63) is 77.3 Å².